The van der Waals surface area contributed by atoms with E-state index in [-0.39, 0.29) is 5.69 Å². The summed E-state index contributed by atoms with van der Waals surface area (Å²) in [6.45, 7) is 3.82. The van der Waals surface area contributed by atoms with Gasteiger partial charge in [-0.2, -0.15) is 4.98 Å². The van der Waals surface area contributed by atoms with E-state index >= 15 is 0 Å². The van der Waals surface area contributed by atoms with E-state index in [0.29, 0.717) is 41.7 Å². The van der Waals surface area contributed by atoms with Crippen molar-refractivity contribution in [3.05, 3.63) is 46.0 Å². The van der Waals surface area contributed by atoms with E-state index in [1.807, 2.05) is 6.92 Å². The number of benzene rings is 1. The van der Waals surface area contributed by atoms with Gasteiger partial charge in [-0.25, -0.2) is 9.78 Å². The lowest BCUT2D eigenvalue weighted by molar-refractivity contribution is 0.1000. The Hall–Kier alpha value is -3.20. The van der Waals surface area contributed by atoms with E-state index in [0.717, 1.165) is 24.3 Å². The van der Waals surface area contributed by atoms with Crippen LogP contribution in [0.5, 0.6) is 0 Å². The molecule has 1 amide bonds. The van der Waals surface area contributed by atoms with Crippen LogP contribution in [-0.2, 0) is 18.3 Å². The van der Waals surface area contributed by atoms with Gasteiger partial charge >= 0.3 is 5.69 Å². The Morgan fingerprint density at radius 2 is 2.25 bits per heavy atom. The first-order valence-electron chi connectivity index (χ1n) is 9.11. The average Bonchev–Trinajstić information content (AvgIpc) is 3.26. The number of primary amides is 1. The summed E-state index contributed by atoms with van der Waals surface area (Å²) < 4.78 is 8.67. The molecule has 3 heterocycles. The number of aryl methyl sites for hydroxylation is 2. The number of fused-ring (bicyclic) bond motifs is 1. The van der Waals surface area contributed by atoms with Gasteiger partial charge in [-0.15, -0.1) is 0 Å². The molecule has 1 aliphatic heterocycles. The van der Waals surface area contributed by atoms with Crippen molar-refractivity contribution in [1.29, 1.82) is 0 Å². The fraction of sp³-hybridized carbons (Fsp3) is 0.368. The molecule has 2 aromatic heterocycles. The normalized spacial score (nSPS) is 16.6. The second kappa shape index (κ2) is 7.08. The number of anilines is 2. The molecule has 0 bridgehead atoms. The molecule has 1 aliphatic rings. The third-order valence-electron chi connectivity index (χ3n) is 5.11. The van der Waals surface area contributed by atoms with Crippen LogP contribution in [0.4, 0.5) is 11.6 Å². The third kappa shape index (κ3) is 3.24. The molecule has 0 aliphatic carbocycles. The van der Waals surface area contributed by atoms with Crippen molar-refractivity contribution >= 4 is 28.7 Å². The smallest absolute Gasteiger partial charge is 0.330 e. The lowest BCUT2D eigenvalue weighted by atomic mass is 10.1. The molecule has 0 spiro atoms. The van der Waals surface area contributed by atoms with E-state index in [1.54, 1.807) is 40.6 Å². The molecule has 9 nitrogen and oxygen atoms in total. The highest BCUT2D eigenvalue weighted by atomic mass is 16.5. The molecule has 0 saturated carbocycles. The van der Waals surface area contributed by atoms with Crippen LogP contribution in [0.25, 0.3) is 11.2 Å². The topological polar surface area (TPSA) is 117 Å². The number of amides is 1. The van der Waals surface area contributed by atoms with Crippen LogP contribution in [0.1, 0.15) is 22.3 Å². The maximum atomic E-state index is 12.7. The number of carbonyl (C=O) groups is 1. The van der Waals surface area contributed by atoms with Gasteiger partial charge in [0.25, 0.3) is 0 Å². The zero-order valence-electron chi connectivity index (χ0n) is 15.8. The number of ether oxygens (including phenoxy) is 1. The molecule has 1 unspecified atom stereocenters. The summed E-state index contributed by atoms with van der Waals surface area (Å²) in [4.78, 5) is 32.9. The van der Waals surface area contributed by atoms with Crippen LogP contribution in [-0.4, -0.2) is 38.2 Å². The van der Waals surface area contributed by atoms with Crippen molar-refractivity contribution in [3.8, 4) is 0 Å². The van der Waals surface area contributed by atoms with E-state index < -0.39 is 5.91 Å². The fourth-order valence-electron chi connectivity index (χ4n) is 3.46. The van der Waals surface area contributed by atoms with Crippen LogP contribution in [0.2, 0.25) is 0 Å². The van der Waals surface area contributed by atoms with Crippen LogP contribution in [0.15, 0.2) is 29.2 Å². The van der Waals surface area contributed by atoms with Crippen LogP contribution in [0, 0.1) is 12.8 Å². The summed E-state index contributed by atoms with van der Waals surface area (Å²) in [6.07, 6.45) is 2.57. The van der Waals surface area contributed by atoms with Gasteiger partial charge in [0.15, 0.2) is 5.65 Å². The average molecular weight is 382 g/mol. The minimum atomic E-state index is -0.475. The molecule has 1 fully saturated rings. The van der Waals surface area contributed by atoms with Crippen molar-refractivity contribution in [2.75, 3.05) is 18.5 Å². The Bertz CT molecular complexity index is 1110. The van der Waals surface area contributed by atoms with Crippen molar-refractivity contribution in [2.24, 2.45) is 18.7 Å². The predicted octanol–water partition coefficient (Wildman–Crippen LogP) is 1.32. The number of nitrogens with two attached hydrogens (primary N) is 1. The molecule has 0 radical (unpaired) electrons. The Kier molecular flexibility index (Phi) is 4.60. The SMILES string of the molecule is Cc1cc(C(N)=O)ccc1Nc1ncc2c(n1)n(CC1CCOC1)c(=O)n2C. The minimum Gasteiger partial charge on any atom is -0.381 e. The molecule has 3 N–H and O–H groups in total. The van der Waals surface area contributed by atoms with Gasteiger partial charge in [0.2, 0.25) is 11.9 Å². The molecule has 1 saturated heterocycles. The fourth-order valence-corrected chi connectivity index (χ4v) is 3.46. The van der Waals surface area contributed by atoms with Crippen molar-refractivity contribution in [1.82, 2.24) is 19.1 Å². The quantitative estimate of drug-likeness (QED) is 0.687. The molecular weight excluding hydrogens is 360 g/mol. The maximum Gasteiger partial charge on any atom is 0.330 e. The largest absolute Gasteiger partial charge is 0.381 e. The zero-order chi connectivity index (χ0) is 19.8. The standard InChI is InChI=1S/C19H22N6O3/c1-11-7-13(16(20)26)3-4-14(11)22-18-21-8-15-17(23-18)25(19(27)24(15)2)9-12-5-6-28-10-12/h3-4,7-8,12H,5-6,9-10H2,1-2H3,(H2,20,26)(H,21,22,23). The number of carbonyl (C=O) groups excluding carboxylic acids is 1. The first kappa shape index (κ1) is 18.2. The molecule has 1 aromatic carbocycles. The summed E-state index contributed by atoms with van der Waals surface area (Å²) in [6, 6.07) is 5.12. The van der Waals surface area contributed by atoms with Gasteiger partial charge < -0.3 is 15.8 Å². The minimum absolute atomic E-state index is 0.115. The molecule has 4 rings (SSSR count). The van der Waals surface area contributed by atoms with Crippen molar-refractivity contribution in [3.63, 3.8) is 0 Å². The monoisotopic (exact) mass is 382 g/mol. The molecule has 146 valence electrons. The zero-order valence-corrected chi connectivity index (χ0v) is 15.8. The summed E-state index contributed by atoms with van der Waals surface area (Å²) in [5, 5.41) is 3.16. The first-order valence-corrected chi connectivity index (χ1v) is 9.11. The molecule has 3 aromatic rings. The second-order valence-corrected chi connectivity index (χ2v) is 7.10. The Morgan fingerprint density at radius 1 is 1.43 bits per heavy atom. The summed E-state index contributed by atoms with van der Waals surface area (Å²) in [5.74, 6) is 0.208. The first-order chi connectivity index (χ1) is 13.4. The van der Waals surface area contributed by atoms with E-state index in [4.69, 9.17) is 10.5 Å². The van der Waals surface area contributed by atoms with Gasteiger partial charge in [-0.05, 0) is 37.1 Å². The van der Waals surface area contributed by atoms with Gasteiger partial charge in [-0.1, -0.05) is 0 Å². The molecule has 1 atom stereocenters. The predicted molar refractivity (Wildman–Crippen MR) is 105 cm³/mol. The highest BCUT2D eigenvalue weighted by Crippen LogP contribution is 2.22. The Labute approximate surface area is 161 Å². The number of nitrogens with zero attached hydrogens (tertiary/aromatic N) is 4. The third-order valence-corrected chi connectivity index (χ3v) is 5.11. The Morgan fingerprint density at radius 3 is 2.93 bits per heavy atom. The van der Waals surface area contributed by atoms with Crippen LogP contribution >= 0.6 is 0 Å². The van der Waals surface area contributed by atoms with Crippen LogP contribution < -0.4 is 16.7 Å². The van der Waals surface area contributed by atoms with E-state index in [1.165, 1.54) is 0 Å². The number of hydrogen-bond acceptors (Lipinski definition) is 6. The van der Waals surface area contributed by atoms with Gasteiger partial charge in [0.05, 0.1) is 12.8 Å². The Balaban J connectivity index is 1.69. The highest BCUT2D eigenvalue weighted by molar-refractivity contribution is 5.93. The maximum absolute atomic E-state index is 12.7. The van der Waals surface area contributed by atoms with Gasteiger partial charge in [0, 0.05) is 37.4 Å². The summed E-state index contributed by atoms with van der Waals surface area (Å²) in [5.41, 5.74) is 8.51. The molecule has 28 heavy (non-hydrogen) atoms. The summed E-state index contributed by atoms with van der Waals surface area (Å²) >= 11 is 0. The lowest BCUT2D eigenvalue weighted by Crippen LogP contribution is -2.25. The van der Waals surface area contributed by atoms with E-state index in [2.05, 4.69) is 15.3 Å². The van der Waals surface area contributed by atoms with Crippen molar-refractivity contribution in [2.45, 2.75) is 19.9 Å². The van der Waals surface area contributed by atoms with Gasteiger partial charge in [-0.3, -0.25) is 13.9 Å². The number of imidazole rings is 1. The summed E-state index contributed by atoms with van der Waals surface area (Å²) in [7, 11) is 1.72. The van der Waals surface area contributed by atoms with Gasteiger partial charge in [0.1, 0.15) is 5.52 Å². The lowest BCUT2D eigenvalue weighted by Gasteiger charge is -2.10. The highest BCUT2D eigenvalue weighted by Gasteiger charge is 2.21. The number of aromatic nitrogens is 4. The molecule has 9 heteroatoms. The molecular formula is C19H22N6O3. The number of rotatable bonds is 5. The van der Waals surface area contributed by atoms with E-state index in [9.17, 15) is 9.59 Å². The van der Waals surface area contributed by atoms with Crippen LogP contribution in [0.3, 0.4) is 0 Å². The second-order valence-electron chi connectivity index (χ2n) is 7.10. The number of nitrogens with one attached hydrogen (secondary N) is 1. The van der Waals surface area contributed by atoms with Crippen molar-refractivity contribution < 1.29 is 9.53 Å². The number of hydrogen-bond donors (Lipinski definition) is 2.